The normalized spacial score (nSPS) is 23.0. The molecule has 0 N–H and O–H groups in total. The van der Waals surface area contributed by atoms with Crippen LogP contribution in [0.25, 0.3) is 0 Å². The Morgan fingerprint density at radius 1 is 1.14 bits per heavy atom. The van der Waals surface area contributed by atoms with E-state index in [1.165, 1.54) is 0 Å². The Balaban J connectivity index is 1.79. The summed E-state index contributed by atoms with van der Waals surface area (Å²) in [6.45, 7) is 6.87. The van der Waals surface area contributed by atoms with E-state index in [1.807, 2.05) is 16.7 Å². The molecule has 4 heteroatoms. The lowest BCUT2D eigenvalue weighted by Crippen LogP contribution is -2.73. The molecule has 0 aliphatic carbocycles. The van der Waals surface area contributed by atoms with Gasteiger partial charge in [-0.05, 0) is 0 Å². The number of nitrogens with zero attached hydrogens (tertiary/aromatic N) is 2. The standard InChI is InChI=1S/C10H16N2O2/c1-3-9(14)12-6-10(7-12)4-11(5-10)8(2)13/h3-7H2,1-2H3. The smallest absolute Gasteiger partial charge is 0.222 e. The van der Waals surface area contributed by atoms with Crippen LogP contribution in [0.3, 0.4) is 0 Å². The molecule has 2 rings (SSSR count). The van der Waals surface area contributed by atoms with Gasteiger partial charge in [-0.1, -0.05) is 6.92 Å². The predicted octanol–water partition coefficient (Wildman–Crippen LogP) is 0.0871. The highest BCUT2D eigenvalue weighted by Crippen LogP contribution is 2.39. The molecule has 0 radical (unpaired) electrons. The van der Waals surface area contributed by atoms with E-state index >= 15 is 0 Å². The van der Waals surface area contributed by atoms with Crippen molar-refractivity contribution in [3.63, 3.8) is 0 Å². The minimum Gasteiger partial charge on any atom is -0.341 e. The highest BCUT2D eigenvalue weighted by molar-refractivity contribution is 5.78. The van der Waals surface area contributed by atoms with Gasteiger partial charge in [0.25, 0.3) is 0 Å². The molecule has 78 valence electrons. The Labute approximate surface area is 83.9 Å². The van der Waals surface area contributed by atoms with Gasteiger partial charge in [-0.15, -0.1) is 0 Å². The second kappa shape index (κ2) is 2.97. The summed E-state index contributed by atoms with van der Waals surface area (Å²) in [6, 6.07) is 0. The second-order valence-corrected chi connectivity index (χ2v) is 4.48. The lowest BCUT2D eigenvalue weighted by atomic mass is 9.72. The molecule has 2 fully saturated rings. The molecule has 2 saturated heterocycles. The third kappa shape index (κ3) is 1.29. The summed E-state index contributed by atoms with van der Waals surface area (Å²) in [5.74, 6) is 0.382. The van der Waals surface area contributed by atoms with Crippen molar-refractivity contribution in [1.82, 2.24) is 9.80 Å². The summed E-state index contributed by atoms with van der Waals surface area (Å²) in [4.78, 5) is 26.0. The van der Waals surface area contributed by atoms with Crippen LogP contribution in [-0.2, 0) is 9.59 Å². The topological polar surface area (TPSA) is 40.6 Å². The van der Waals surface area contributed by atoms with Crippen LogP contribution in [0.5, 0.6) is 0 Å². The van der Waals surface area contributed by atoms with Crippen molar-refractivity contribution in [3.8, 4) is 0 Å². The van der Waals surface area contributed by atoms with E-state index in [1.54, 1.807) is 6.92 Å². The molecule has 1 spiro atoms. The summed E-state index contributed by atoms with van der Waals surface area (Å²) in [6.07, 6.45) is 0.590. The molecule has 0 aromatic heterocycles. The van der Waals surface area contributed by atoms with Crippen LogP contribution in [0.4, 0.5) is 0 Å². The molecule has 0 unspecified atom stereocenters. The fourth-order valence-corrected chi connectivity index (χ4v) is 2.35. The molecule has 2 heterocycles. The molecule has 0 bridgehead atoms. The van der Waals surface area contributed by atoms with Crippen LogP contribution in [0.15, 0.2) is 0 Å². The van der Waals surface area contributed by atoms with Crippen LogP contribution in [0.1, 0.15) is 20.3 Å². The lowest BCUT2D eigenvalue weighted by molar-refractivity contribution is -0.166. The molecule has 4 nitrogen and oxygen atoms in total. The highest BCUT2D eigenvalue weighted by Gasteiger charge is 2.53. The van der Waals surface area contributed by atoms with E-state index in [-0.39, 0.29) is 17.2 Å². The molecule has 2 amide bonds. The largest absolute Gasteiger partial charge is 0.341 e. The Morgan fingerprint density at radius 2 is 1.64 bits per heavy atom. The first-order valence-electron chi connectivity index (χ1n) is 5.10. The summed E-state index contributed by atoms with van der Waals surface area (Å²) in [5, 5.41) is 0. The van der Waals surface area contributed by atoms with Crippen LogP contribution in [0, 0.1) is 5.41 Å². The van der Waals surface area contributed by atoms with Gasteiger partial charge in [0, 0.05) is 44.9 Å². The molecule has 14 heavy (non-hydrogen) atoms. The average molecular weight is 196 g/mol. The number of carbonyl (C=O) groups is 2. The number of likely N-dealkylation sites (tertiary alicyclic amines) is 2. The van der Waals surface area contributed by atoms with Gasteiger partial charge in [-0.3, -0.25) is 9.59 Å². The van der Waals surface area contributed by atoms with Crippen molar-refractivity contribution in [3.05, 3.63) is 0 Å². The molecule has 0 aromatic rings. The van der Waals surface area contributed by atoms with E-state index < -0.39 is 0 Å². The first-order valence-corrected chi connectivity index (χ1v) is 5.10. The summed E-state index contributed by atoms with van der Waals surface area (Å²) >= 11 is 0. The van der Waals surface area contributed by atoms with E-state index in [2.05, 4.69) is 0 Å². The quantitative estimate of drug-likeness (QED) is 0.596. The number of amides is 2. The predicted molar refractivity (Wildman–Crippen MR) is 51.6 cm³/mol. The lowest BCUT2D eigenvalue weighted by Gasteiger charge is -2.60. The van der Waals surface area contributed by atoms with Crippen molar-refractivity contribution in [2.45, 2.75) is 20.3 Å². The molecule has 2 aliphatic heterocycles. The van der Waals surface area contributed by atoms with Gasteiger partial charge in [0.1, 0.15) is 0 Å². The molecule has 0 aromatic carbocycles. The molecular formula is C10H16N2O2. The first-order chi connectivity index (χ1) is 6.56. The van der Waals surface area contributed by atoms with Crippen molar-refractivity contribution in [2.75, 3.05) is 26.2 Å². The maximum atomic E-state index is 11.3. The zero-order valence-corrected chi connectivity index (χ0v) is 8.75. The van der Waals surface area contributed by atoms with Crippen molar-refractivity contribution in [2.24, 2.45) is 5.41 Å². The van der Waals surface area contributed by atoms with Gasteiger partial charge in [-0.2, -0.15) is 0 Å². The van der Waals surface area contributed by atoms with Gasteiger partial charge in [0.05, 0.1) is 0 Å². The van der Waals surface area contributed by atoms with Gasteiger partial charge >= 0.3 is 0 Å². The van der Waals surface area contributed by atoms with E-state index in [9.17, 15) is 9.59 Å². The molecule has 0 saturated carbocycles. The number of hydrogen-bond acceptors (Lipinski definition) is 2. The minimum absolute atomic E-state index is 0.149. The number of rotatable bonds is 1. The van der Waals surface area contributed by atoms with Crippen LogP contribution in [0.2, 0.25) is 0 Å². The summed E-state index contributed by atoms with van der Waals surface area (Å²) < 4.78 is 0. The second-order valence-electron chi connectivity index (χ2n) is 4.48. The van der Waals surface area contributed by atoms with Gasteiger partial charge in [0.2, 0.25) is 11.8 Å². The maximum Gasteiger partial charge on any atom is 0.222 e. The zero-order chi connectivity index (χ0) is 10.3. The highest BCUT2D eigenvalue weighted by atomic mass is 16.2. The third-order valence-corrected chi connectivity index (χ3v) is 3.21. The van der Waals surface area contributed by atoms with Crippen molar-refractivity contribution >= 4 is 11.8 Å². The van der Waals surface area contributed by atoms with Gasteiger partial charge < -0.3 is 9.80 Å². The Kier molecular flexibility index (Phi) is 2.01. The SMILES string of the molecule is CCC(=O)N1CC2(CN(C(C)=O)C2)C1. The number of hydrogen-bond donors (Lipinski definition) is 0. The van der Waals surface area contributed by atoms with E-state index in [4.69, 9.17) is 0 Å². The van der Waals surface area contributed by atoms with Crippen LogP contribution in [-0.4, -0.2) is 47.8 Å². The Morgan fingerprint density at radius 3 is 2.07 bits per heavy atom. The van der Waals surface area contributed by atoms with Crippen molar-refractivity contribution in [1.29, 1.82) is 0 Å². The third-order valence-electron chi connectivity index (χ3n) is 3.21. The van der Waals surface area contributed by atoms with E-state index in [0.717, 1.165) is 26.2 Å². The first kappa shape index (κ1) is 9.49. The average Bonchev–Trinajstić information content (AvgIpc) is 1.98. The van der Waals surface area contributed by atoms with Gasteiger partial charge in [-0.25, -0.2) is 0 Å². The zero-order valence-electron chi connectivity index (χ0n) is 8.75. The fraction of sp³-hybridized carbons (Fsp3) is 0.800. The van der Waals surface area contributed by atoms with Crippen molar-refractivity contribution < 1.29 is 9.59 Å². The van der Waals surface area contributed by atoms with Crippen LogP contribution >= 0.6 is 0 Å². The fourth-order valence-electron chi connectivity index (χ4n) is 2.35. The maximum absolute atomic E-state index is 11.3. The Hall–Kier alpha value is -1.06. The van der Waals surface area contributed by atoms with Gasteiger partial charge in [0.15, 0.2) is 0 Å². The summed E-state index contributed by atoms with van der Waals surface area (Å²) in [5.41, 5.74) is 0.260. The minimum atomic E-state index is 0.149. The molecule has 0 atom stereocenters. The van der Waals surface area contributed by atoms with E-state index in [0.29, 0.717) is 6.42 Å². The summed E-state index contributed by atoms with van der Waals surface area (Å²) in [7, 11) is 0. The number of carbonyl (C=O) groups excluding carboxylic acids is 2. The Bertz CT molecular complexity index is 274. The van der Waals surface area contributed by atoms with Crippen LogP contribution < -0.4 is 0 Å². The molecular weight excluding hydrogens is 180 g/mol. The molecule has 2 aliphatic rings. The monoisotopic (exact) mass is 196 g/mol.